The van der Waals surface area contributed by atoms with E-state index in [9.17, 15) is 4.79 Å². The molecular weight excluding hydrogens is 375 g/mol. The molecule has 1 amide bonds. The van der Waals surface area contributed by atoms with Gasteiger partial charge in [0.25, 0.3) is 5.91 Å². The summed E-state index contributed by atoms with van der Waals surface area (Å²) in [5, 5.41) is 7.90. The highest BCUT2D eigenvalue weighted by Crippen LogP contribution is 2.27. The highest BCUT2D eigenvalue weighted by molar-refractivity contribution is 6.42. The first-order valence-electron chi connectivity index (χ1n) is 7.85. The Morgan fingerprint density at radius 3 is 2.62 bits per heavy atom. The van der Waals surface area contributed by atoms with Gasteiger partial charge >= 0.3 is 0 Å². The molecule has 3 rings (SSSR count). The van der Waals surface area contributed by atoms with E-state index in [1.54, 1.807) is 30.0 Å². The lowest BCUT2D eigenvalue weighted by atomic mass is 10.2. The van der Waals surface area contributed by atoms with Crippen LogP contribution >= 0.6 is 23.2 Å². The second-order valence-corrected chi connectivity index (χ2v) is 6.20. The summed E-state index contributed by atoms with van der Waals surface area (Å²) in [4.78, 5) is 16.7. The number of nitrogens with one attached hydrogen (secondary N) is 1. The normalized spacial score (nSPS) is 10.7. The number of methoxy groups -OCH3 is 1. The fraction of sp³-hybridized carbons (Fsp3) is 0.167. The fourth-order valence-corrected chi connectivity index (χ4v) is 2.62. The van der Waals surface area contributed by atoms with Gasteiger partial charge in [-0.3, -0.25) is 4.79 Å². The maximum absolute atomic E-state index is 12.3. The van der Waals surface area contributed by atoms with Crippen LogP contribution in [0.25, 0.3) is 17.1 Å². The maximum atomic E-state index is 12.3. The maximum Gasteiger partial charge on any atom is 0.291 e. The van der Waals surface area contributed by atoms with Crippen LogP contribution in [0.2, 0.25) is 10.0 Å². The molecule has 1 aromatic heterocycles. The molecule has 8 heteroatoms. The van der Waals surface area contributed by atoms with Crippen molar-refractivity contribution in [3.8, 4) is 17.1 Å². The van der Waals surface area contributed by atoms with Gasteiger partial charge in [0.15, 0.2) is 5.82 Å². The van der Waals surface area contributed by atoms with Crippen molar-refractivity contribution in [1.82, 2.24) is 20.1 Å². The van der Waals surface area contributed by atoms with Crippen LogP contribution in [0.3, 0.4) is 0 Å². The molecule has 0 saturated carbocycles. The number of carbonyl (C=O) groups is 1. The van der Waals surface area contributed by atoms with Crippen LogP contribution in [0.5, 0.6) is 0 Å². The quantitative estimate of drug-likeness (QED) is 0.652. The SMILES string of the molecule is COCCNC(=O)c1nc(-c2ccccc2)n(-c2ccc(Cl)c(Cl)c2)n1. The Kier molecular flexibility index (Phi) is 5.88. The van der Waals surface area contributed by atoms with E-state index >= 15 is 0 Å². The molecule has 0 aliphatic rings. The van der Waals surface area contributed by atoms with Crippen molar-refractivity contribution in [3.63, 3.8) is 0 Å². The second-order valence-electron chi connectivity index (χ2n) is 5.38. The topological polar surface area (TPSA) is 69.0 Å². The van der Waals surface area contributed by atoms with Crippen molar-refractivity contribution in [2.75, 3.05) is 20.3 Å². The molecule has 3 aromatic rings. The Morgan fingerprint density at radius 1 is 1.15 bits per heavy atom. The van der Waals surface area contributed by atoms with Gasteiger partial charge in [-0.1, -0.05) is 53.5 Å². The van der Waals surface area contributed by atoms with Gasteiger partial charge in [-0.15, -0.1) is 5.10 Å². The Morgan fingerprint density at radius 2 is 1.92 bits per heavy atom. The van der Waals surface area contributed by atoms with Crippen LogP contribution in [0.15, 0.2) is 48.5 Å². The zero-order valence-electron chi connectivity index (χ0n) is 13.9. The first kappa shape index (κ1) is 18.4. The molecule has 0 radical (unpaired) electrons. The summed E-state index contributed by atoms with van der Waals surface area (Å²) in [6, 6.07) is 14.6. The number of hydrogen-bond donors (Lipinski definition) is 1. The van der Waals surface area contributed by atoms with E-state index in [0.29, 0.717) is 34.7 Å². The molecule has 0 spiro atoms. The van der Waals surface area contributed by atoms with Crippen LogP contribution in [0, 0.1) is 0 Å². The molecular formula is C18H16Cl2N4O2. The van der Waals surface area contributed by atoms with E-state index in [1.807, 2.05) is 30.3 Å². The number of rotatable bonds is 6. The van der Waals surface area contributed by atoms with Crippen LogP contribution in [-0.4, -0.2) is 40.9 Å². The Hall–Kier alpha value is -2.41. The standard InChI is InChI=1S/C18H16Cl2N4O2/c1-26-10-9-21-18(25)16-22-17(12-5-3-2-4-6-12)24(23-16)13-7-8-14(19)15(20)11-13/h2-8,11H,9-10H2,1H3,(H,21,25). The lowest BCUT2D eigenvalue weighted by Gasteiger charge is -2.07. The van der Waals surface area contributed by atoms with Gasteiger partial charge in [0.1, 0.15) is 0 Å². The third-order valence-electron chi connectivity index (χ3n) is 3.58. The average molecular weight is 391 g/mol. The van der Waals surface area contributed by atoms with Gasteiger partial charge in [0.05, 0.1) is 22.3 Å². The van der Waals surface area contributed by atoms with E-state index in [-0.39, 0.29) is 11.7 Å². The van der Waals surface area contributed by atoms with Gasteiger partial charge < -0.3 is 10.1 Å². The molecule has 26 heavy (non-hydrogen) atoms. The Bertz CT molecular complexity index is 913. The monoisotopic (exact) mass is 390 g/mol. The van der Waals surface area contributed by atoms with Crippen LogP contribution in [0.4, 0.5) is 0 Å². The molecule has 0 fully saturated rings. The molecule has 1 heterocycles. The van der Waals surface area contributed by atoms with Gasteiger partial charge in [-0.25, -0.2) is 9.67 Å². The summed E-state index contributed by atoms with van der Waals surface area (Å²) in [6.07, 6.45) is 0. The highest BCUT2D eigenvalue weighted by atomic mass is 35.5. The number of aromatic nitrogens is 3. The summed E-state index contributed by atoms with van der Waals surface area (Å²) in [5.41, 5.74) is 1.48. The molecule has 0 aliphatic carbocycles. The highest BCUT2D eigenvalue weighted by Gasteiger charge is 2.19. The molecule has 6 nitrogen and oxygen atoms in total. The lowest BCUT2D eigenvalue weighted by Crippen LogP contribution is -2.28. The summed E-state index contributed by atoms with van der Waals surface area (Å²) in [5.74, 6) is 0.213. The molecule has 0 saturated heterocycles. The fourth-order valence-electron chi connectivity index (χ4n) is 2.32. The van der Waals surface area contributed by atoms with Gasteiger partial charge in [-0.05, 0) is 18.2 Å². The van der Waals surface area contributed by atoms with Crippen molar-refractivity contribution in [3.05, 3.63) is 64.4 Å². The van der Waals surface area contributed by atoms with Crippen molar-refractivity contribution in [2.24, 2.45) is 0 Å². The predicted molar refractivity (Wildman–Crippen MR) is 101 cm³/mol. The number of nitrogens with zero attached hydrogens (tertiary/aromatic N) is 3. The summed E-state index contributed by atoms with van der Waals surface area (Å²) >= 11 is 12.1. The van der Waals surface area contributed by atoms with E-state index < -0.39 is 0 Å². The van der Waals surface area contributed by atoms with Crippen molar-refractivity contribution in [1.29, 1.82) is 0 Å². The summed E-state index contributed by atoms with van der Waals surface area (Å²) < 4.78 is 6.50. The lowest BCUT2D eigenvalue weighted by molar-refractivity contribution is 0.0927. The van der Waals surface area contributed by atoms with Crippen molar-refractivity contribution < 1.29 is 9.53 Å². The molecule has 134 valence electrons. The first-order valence-corrected chi connectivity index (χ1v) is 8.61. The Labute approximate surface area is 160 Å². The van der Waals surface area contributed by atoms with E-state index in [1.165, 1.54) is 0 Å². The number of hydrogen-bond acceptors (Lipinski definition) is 4. The number of amides is 1. The second kappa shape index (κ2) is 8.31. The predicted octanol–water partition coefficient (Wildman–Crippen LogP) is 3.62. The minimum Gasteiger partial charge on any atom is -0.383 e. The molecule has 2 aromatic carbocycles. The number of carbonyl (C=O) groups excluding carboxylic acids is 1. The number of ether oxygens (including phenoxy) is 1. The van der Waals surface area contributed by atoms with Gasteiger partial charge in [0, 0.05) is 19.2 Å². The summed E-state index contributed by atoms with van der Waals surface area (Å²) in [7, 11) is 1.57. The minimum absolute atomic E-state index is 0.0611. The minimum atomic E-state index is -0.377. The van der Waals surface area contributed by atoms with Crippen LogP contribution < -0.4 is 5.32 Å². The van der Waals surface area contributed by atoms with E-state index in [4.69, 9.17) is 27.9 Å². The van der Waals surface area contributed by atoms with E-state index in [0.717, 1.165) is 5.56 Å². The van der Waals surface area contributed by atoms with Crippen molar-refractivity contribution in [2.45, 2.75) is 0 Å². The molecule has 0 unspecified atom stereocenters. The van der Waals surface area contributed by atoms with E-state index in [2.05, 4.69) is 15.4 Å². The first-order chi connectivity index (χ1) is 12.6. The zero-order chi connectivity index (χ0) is 18.5. The average Bonchev–Trinajstić information content (AvgIpc) is 3.10. The van der Waals surface area contributed by atoms with Crippen LogP contribution in [0.1, 0.15) is 10.6 Å². The van der Waals surface area contributed by atoms with Crippen molar-refractivity contribution >= 4 is 29.1 Å². The molecule has 1 N–H and O–H groups in total. The van der Waals surface area contributed by atoms with Gasteiger partial charge in [-0.2, -0.15) is 0 Å². The molecule has 0 aliphatic heterocycles. The number of benzene rings is 2. The van der Waals surface area contributed by atoms with Crippen LogP contribution in [-0.2, 0) is 4.74 Å². The molecule has 0 bridgehead atoms. The number of halogens is 2. The smallest absolute Gasteiger partial charge is 0.291 e. The largest absolute Gasteiger partial charge is 0.383 e. The third-order valence-corrected chi connectivity index (χ3v) is 4.32. The zero-order valence-corrected chi connectivity index (χ0v) is 15.5. The van der Waals surface area contributed by atoms with Gasteiger partial charge in [0.2, 0.25) is 5.82 Å². The molecule has 0 atom stereocenters. The Balaban J connectivity index is 2.03. The summed E-state index contributed by atoms with van der Waals surface area (Å²) in [6.45, 7) is 0.780. The third kappa shape index (κ3) is 4.04.